The third-order valence-electron chi connectivity index (χ3n) is 15.3. The standard InChI is InChI=1S/C69H129NO5/c1-3-5-7-9-11-13-15-17-19-21-30-33-37-41-45-49-53-57-61-67(72)66(65-71)70-68(73)62-58-54-50-46-42-38-34-31-27-25-23-22-24-26-28-32-36-40-44-48-52-56-60-64-75-69(74)63-59-55-51-47-43-39-35-29-20-18-16-14-12-10-8-6-4-2/h18,20,22,24-25,27,57,61,66-67,71-72H,3-17,19,21,23,26,28-56,58-60,62-65H2,1-2H3,(H,70,73)/b20-18-,24-22-,27-25-,61-57+. The number of ether oxygens (including phenoxy) is 1. The highest BCUT2D eigenvalue weighted by Crippen LogP contribution is 2.17. The van der Waals surface area contributed by atoms with Gasteiger partial charge in [-0.25, -0.2) is 0 Å². The third-order valence-corrected chi connectivity index (χ3v) is 15.3. The first kappa shape index (κ1) is 72.8. The summed E-state index contributed by atoms with van der Waals surface area (Å²) in [5, 5.41) is 23.2. The molecule has 0 aliphatic heterocycles. The first-order valence-electron chi connectivity index (χ1n) is 33.4. The summed E-state index contributed by atoms with van der Waals surface area (Å²) in [5.41, 5.74) is 0. The number of hydrogen-bond donors (Lipinski definition) is 3. The van der Waals surface area contributed by atoms with Gasteiger partial charge in [-0.1, -0.05) is 300 Å². The lowest BCUT2D eigenvalue weighted by Crippen LogP contribution is -2.45. The Morgan fingerprint density at radius 3 is 1.03 bits per heavy atom. The van der Waals surface area contributed by atoms with Gasteiger partial charge in [0.05, 0.1) is 25.4 Å². The van der Waals surface area contributed by atoms with Crippen molar-refractivity contribution in [3.63, 3.8) is 0 Å². The van der Waals surface area contributed by atoms with Crippen molar-refractivity contribution in [2.75, 3.05) is 13.2 Å². The largest absolute Gasteiger partial charge is 0.466 e. The summed E-state index contributed by atoms with van der Waals surface area (Å²) in [6.45, 7) is 4.91. The average molecular weight is 1050 g/mol. The Morgan fingerprint density at radius 2 is 0.667 bits per heavy atom. The number of carbonyl (C=O) groups excluding carboxylic acids is 2. The van der Waals surface area contributed by atoms with E-state index in [4.69, 9.17) is 4.74 Å². The molecule has 0 saturated heterocycles. The highest BCUT2D eigenvalue weighted by atomic mass is 16.5. The fourth-order valence-corrected chi connectivity index (χ4v) is 10.2. The highest BCUT2D eigenvalue weighted by Gasteiger charge is 2.18. The summed E-state index contributed by atoms with van der Waals surface area (Å²) < 4.78 is 5.49. The van der Waals surface area contributed by atoms with Crippen LogP contribution in [0.25, 0.3) is 0 Å². The molecule has 0 aliphatic rings. The van der Waals surface area contributed by atoms with Crippen LogP contribution in [0.3, 0.4) is 0 Å². The van der Waals surface area contributed by atoms with Crippen LogP contribution in [-0.2, 0) is 14.3 Å². The molecule has 0 fully saturated rings. The fourth-order valence-electron chi connectivity index (χ4n) is 10.2. The van der Waals surface area contributed by atoms with Crippen molar-refractivity contribution in [2.45, 2.75) is 366 Å². The highest BCUT2D eigenvalue weighted by molar-refractivity contribution is 5.76. The van der Waals surface area contributed by atoms with E-state index in [1.54, 1.807) is 6.08 Å². The molecule has 3 N–H and O–H groups in total. The van der Waals surface area contributed by atoms with E-state index in [-0.39, 0.29) is 18.5 Å². The Morgan fingerprint density at radius 1 is 0.373 bits per heavy atom. The third kappa shape index (κ3) is 60.9. The van der Waals surface area contributed by atoms with E-state index in [1.165, 1.54) is 263 Å². The van der Waals surface area contributed by atoms with Gasteiger partial charge >= 0.3 is 5.97 Å². The molecule has 0 aliphatic carbocycles. The second kappa shape index (κ2) is 64.3. The molecule has 2 unspecified atom stereocenters. The van der Waals surface area contributed by atoms with Gasteiger partial charge in [-0.15, -0.1) is 0 Å². The van der Waals surface area contributed by atoms with Gasteiger partial charge in [0, 0.05) is 12.8 Å². The molecule has 0 aromatic heterocycles. The molecule has 0 bridgehead atoms. The maximum absolute atomic E-state index is 12.5. The Kier molecular flexibility index (Phi) is 62.5. The smallest absolute Gasteiger partial charge is 0.305 e. The SMILES string of the molecule is CCCCCCCC/C=C\CCCCCCCCCC(=O)OCCCCCCCCCCC/C=C\C/C=C\CCCCCCCCCC(=O)NC(CO)C(O)/C=C/CCCCCCCCCCCCCCCCCC. The minimum atomic E-state index is -0.852. The molecule has 0 aromatic carbocycles. The summed E-state index contributed by atoms with van der Waals surface area (Å²) in [4.78, 5) is 24.6. The van der Waals surface area contributed by atoms with E-state index in [0.717, 1.165) is 64.2 Å². The lowest BCUT2D eigenvalue weighted by atomic mass is 10.0. The predicted molar refractivity (Wildman–Crippen MR) is 329 cm³/mol. The quantitative estimate of drug-likeness (QED) is 0.0320. The molecule has 440 valence electrons. The van der Waals surface area contributed by atoms with Crippen molar-refractivity contribution in [3.05, 3.63) is 48.6 Å². The molecule has 0 saturated carbocycles. The number of allylic oxidation sites excluding steroid dienone is 7. The number of carbonyl (C=O) groups is 2. The molecular weight excluding hydrogens is 923 g/mol. The van der Waals surface area contributed by atoms with Crippen LogP contribution in [0.1, 0.15) is 354 Å². The second-order valence-electron chi connectivity index (χ2n) is 22.8. The number of aliphatic hydroxyl groups is 2. The minimum absolute atomic E-state index is 0.00323. The van der Waals surface area contributed by atoms with Crippen molar-refractivity contribution in [1.29, 1.82) is 0 Å². The van der Waals surface area contributed by atoms with Crippen LogP contribution in [0.5, 0.6) is 0 Å². The molecule has 6 nitrogen and oxygen atoms in total. The molecule has 0 spiro atoms. The lowest BCUT2D eigenvalue weighted by molar-refractivity contribution is -0.143. The maximum atomic E-state index is 12.5. The molecule has 1 amide bonds. The van der Waals surface area contributed by atoms with Gasteiger partial charge in [-0.3, -0.25) is 9.59 Å². The summed E-state index contributed by atoms with van der Waals surface area (Å²) in [7, 11) is 0. The van der Waals surface area contributed by atoms with Crippen molar-refractivity contribution in [1.82, 2.24) is 5.32 Å². The molecule has 6 heteroatoms. The molecule has 0 rings (SSSR count). The van der Waals surface area contributed by atoms with Crippen LogP contribution < -0.4 is 5.32 Å². The number of amides is 1. The zero-order chi connectivity index (χ0) is 54.3. The summed E-state index contributed by atoms with van der Waals surface area (Å²) >= 11 is 0. The first-order chi connectivity index (χ1) is 37.0. The number of unbranched alkanes of at least 4 members (excludes halogenated alkanes) is 45. The Labute approximate surface area is 467 Å². The van der Waals surface area contributed by atoms with Gasteiger partial charge < -0.3 is 20.3 Å². The normalized spacial score (nSPS) is 12.9. The van der Waals surface area contributed by atoms with Gasteiger partial charge in [0.1, 0.15) is 0 Å². The Bertz CT molecular complexity index is 1260. The van der Waals surface area contributed by atoms with E-state index in [0.29, 0.717) is 19.4 Å². The van der Waals surface area contributed by atoms with E-state index < -0.39 is 12.1 Å². The number of aliphatic hydroxyl groups excluding tert-OH is 2. The summed E-state index contributed by atoms with van der Waals surface area (Å²) in [6.07, 6.45) is 83.1. The Balaban J connectivity index is 3.47. The topological polar surface area (TPSA) is 95.9 Å². The summed E-state index contributed by atoms with van der Waals surface area (Å²) in [5.74, 6) is -0.0734. The van der Waals surface area contributed by atoms with Crippen LogP contribution >= 0.6 is 0 Å². The van der Waals surface area contributed by atoms with Crippen LogP contribution in [0.2, 0.25) is 0 Å². The van der Waals surface area contributed by atoms with E-state index in [1.807, 2.05) is 6.08 Å². The average Bonchev–Trinajstić information content (AvgIpc) is 3.41. The fraction of sp³-hybridized carbons (Fsp3) is 0.855. The van der Waals surface area contributed by atoms with Gasteiger partial charge in [-0.2, -0.15) is 0 Å². The lowest BCUT2D eigenvalue weighted by Gasteiger charge is -2.20. The molecule has 2 atom stereocenters. The molecular formula is C69H129NO5. The molecule has 0 heterocycles. The van der Waals surface area contributed by atoms with Crippen molar-refractivity contribution in [3.8, 4) is 0 Å². The van der Waals surface area contributed by atoms with Crippen LogP contribution in [0, 0.1) is 0 Å². The molecule has 0 aromatic rings. The zero-order valence-electron chi connectivity index (χ0n) is 50.3. The number of hydrogen-bond acceptors (Lipinski definition) is 5. The number of nitrogens with one attached hydrogen (secondary N) is 1. The Hall–Kier alpha value is -2.18. The zero-order valence-corrected chi connectivity index (χ0v) is 50.3. The van der Waals surface area contributed by atoms with Gasteiger partial charge in [0.2, 0.25) is 5.91 Å². The predicted octanol–water partition coefficient (Wildman–Crippen LogP) is 21.3. The van der Waals surface area contributed by atoms with Gasteiger partial charge in [0.15, 0.2) is 0 Å². The number of esters is 1. The van der Waals surface area contributed by atoms with Gasteiger partial charge in [-0.05, 0) is 89.9 Å². The summed E-state index contributed by atoms with van der Waals surface area (Å²) in [6, 6.07) is -0.637. The molecule has 0 radical (unpaired) electrons. The van der Waals surface area contributed by atoms with Crippen LogP contribution in [0.4, 0.5) is 0 Å². The van der Waals surface area contributed by atoms with Crippen molar-refractivity contribution >= 4 is 11.9 Å². The van der Waals surface area contributed by atoms with Crippen molar-refractivity contribution < 1.29 is 24.5 Å². The number of rotatable bonds is 62. The second-order valence-corrected chi connectivity index (χ2v) is 22.8. The minimum Gasteiger partial charge on any atom is -0.466 e. The molecule has 75 heavy (non-hydrogen) atoms. The van der Waals surface area contributed by atoms with Crippen LogP contribution in [-0.4, -0.2) is 47.4 Å². The van der Waals surface area contributed by atoms with E-state index in [2.05, 4.69) is 55.6 Å². The maximum Gasteiger partial charge on any atom is 0.305 e. The van der Waals surface area contributed by atoms with Crippen molar-refractivity contribution in [2.24, 2.45) is 0 Å². The van der Waals surface area contributed by atoms with E-state index >= 15 is 0 Å². The van der Waals surface area contributed by atoms with E-state index in [9.17, 15) is 19.8 Å². The first-order valence-corrected chi connectivity index (χ1v) is 33.4. The van der Waals surface area contributed by atoms with Gasteiger partial charge in [0.25, 0.3) is 0 Å². The monoisotopic (exact) mass is 1050 g/mol. The van der Waals surface area contributed by atoms with Crippen LogP contribution in [0.15, 0.2) is 48.6 Å².